The van der Waals surface area contributed by atoms with E-state index in [-0.39, 0.29) is 25.0 Å². The third-order valence-electron chi connectivity index (χ3n) is 4.50. The number of carbonyl (C=O) groups is 2. The SMILES string of the molecule is O=C(CCN1C(=O)COc2ccccc21)N1CCN(CCO)CC1. The number of β-amino-alcohol motifs (C(OH)–C–C–N with tert-alkyl or cyclic N) is 1. The number of hydrogen-bond donors (Lipinski definition) is 1. The van der Waals surface area contributed by atoms with Gasteiger partial charge >= 0.3 is 0 Å². The van der Waals surface area contributed by atoms with Gasteiger partial charge in [0.2, 0.25) is 5.91 Å². The van der Waals surface area contributed by atoms with Crippen molar-refractivity contribution in [3.63, 3.8) is 0 Å². The number of rotatable bonds is 5. The number of amides is 2. The maximum atomic E-state index is 12.4. The van der Waals surface area contributed by atoms with E-state index in [1.807, 2.05) is 29.2 Å². The molecule has 2 aliphatic rings. The molecule has 3 rings (SSSR count). The molecule has 1 aromatic carbocycles. The Morgan fingerprint density at radius 1 is 1.12 bits per heavy atom. The summed E-state index contributed by atoms with van der Waals surface area (Å²) in [7, 11) is 0. The van der Waals surface area contributed by atoms with Gasteiger partial charge in [0.25, 0.3) is 5.91 Å². The number of anilines is 1. The van der Waals surface area contributed by atoms with E-state index in [9.17, 15) is 9.59 Å². The van der Waals surface area contributed by atoms with Gasteiger partial charge in [-0.05, 0) is 12.1 Å². The molecule has 0 aliphatic carbocycles. The van der Waals surface area contributed by atoms with Gasteiger partial charge in [-0.1, -0.05) is 12.1 Å². The second-order valence-electron chi connectivity index (χ2n) is 6.00. The van der Waals surface area contributed by atoms with Gasteiger partial charge in [0.1, 0.15) is 5.75 Å². The summed E-state index contributed by atoms with van der Waals surface area (Å²) in [6.45, 7) is 4.10. The summed E-state index contributed by atoms with van der Waals surface area (Å²) in [5.74, 6) is 0.631. The van der Waals surface area contributed by atoms with Crippen molar-refractivity contribution < 1.29 is 19.4 Å². The highest BCUT2D eigenvalue weighted by Gasteiger charge is 2.27. The van der Waals surface area contributed by atoms with E-state index < -0.39 is 0 Å². The zero-order valence-electron chi connectivity index (χ0n) is 13.7. The van der Waals surface area contributed by atoms with Crippen LogP contribution in [0, 0.1) is 0 Å². The first-order valence-electron chi connectivity index (χ1n) is 8.32. The van der Waals surface area contributed by atoms with Gasteiger partial charge in [-0.2, -0.15) is 0 Å². The molecule has 1 aromatic rings. The lowest BCUT2D eigenvalue weighted by Crippen LogP contribution is -2.50. The number of hydrogen-bond acceptors (Lipinski definition) is 5. The lowest BCUT2D eigenvalue weighted by molar-refractivity contribution is -0.132. The Hall–Kier alpha value is -2.12. The van der Waals surface area contributed by atoms with Crippen LogP contribution in [0.2, 0.25) is 0 Å². The second-order valence-corrected chi connectivity index (χ2v) is 6.00. The summed E-state index contributed by atoms with van der Waals surface area (Å²) in [5, 5.41) is 8.96. The maximum Gasteiger partial charge on any atom is 0.265 e. The lowest BCUT2D eigenvalue weighted by Gasteiger charge is -2.35. The number of benzene rings is 1. The molecule has 0 aromatic heterocycles. The van der Waals surface area contributed by atoms with E-state index in [0.29, 0.717) is 38.3 Å². The number of para-hydroxylation sites is 2. The molecule has 0 bridgehead atoms. The fraction of sp³-hybridized carbons (Fsp3) is 0.529. The standard InChI is InChI=1S/C17H23N3O4/c21-12-11-18-7-9-19(10-8-18)16(22)5-6-20-14-3-1-2-4-15(14)24-13-17(20)23/h1-4,21H,5-13H2. The van der Waals surface area contributed by atoms with E-state index >= 15 is 0 Å². The van der Waals surface area contributed by atoms with Crippen molar-refractivity contribution in [1.82, 2.24) is 9.80 Å². The van der Waals surface area contributed by atoms with Gasteiger partial charge in [0.05, 0.1) is 12.3 Å². The summed E-state index contributed by atoms with van der Waals surface area (Å²) < 4.78 is 5.41. The molecule has 7 heteroatoms. The van der Waals surface area contributed by atoms with Crippen LogP contribution in [-0.4, -0.2) is 79.2 Å². The minimum atomic E-state index is -0.116. The monoisotopic (exact) mass is 333 g/mol. The summed E-state index contributed by atoms with van der Waals surface area (Å²) in [6, 6.07) is 7.39. The van der Waals surface area contributed by atoms with Crippen molar-refractivity contribution >= 4 is 17.5 Å². The zero-order chi connectivity index (χ0) is 16.9. The van der Waals surface area contributed by atoms with Crippen molar-refractivity contribution in [1.29, 1.82) is 0 Å². The molecule has 2 amide bonds. The molecule has 2 heterocycles. The summed E-state index contributed by atoms with van der Waals surface area (Å²) in [6.07, 6.45) is 0.306. The molecule has 0 unspecified atom stereocenters. The van der Waals surface area contributed by atoms with E-state index in [1.54, 1.807) is 4.90 Å². The van der Waals surface area contributed by atoms with Crippen molar-refractivity contribution in [2.45, 2.75) is 6.42 Å². The predicted octanol–water partition coefficient (Wildman–Crippen LogP) is -0.0614. The Labute approximate surface area is 141 Å². The van der Waals surface area contributed by atoms with Gasteiger partial charge in [0, 0.05) is 45.7 Å². The Bertz CT molecular complexity index is 599. The van der Waals surface area contributed by atoms with Gasteiger partial charge < -0.3 is 19.6 Å². The number of carbonyl (C=O) groups excluding carboxylic acids is 2. The Balaban J connectivity index is 1.54. The van der Waals surface area contributed by atoms with E-state index in [0.717, 1.165) is 18.8 Å². The summed E-state index contributed by atoms with van der Waals surface area (Å²) >= 11 is 0. The van der Waals surface area contributed by atoms with Gasteiger partial charge in [0.15, 0.2) is 6.61 Å². The number of fused-ring (bicyclic) bond motifs is 1. The number of aliphatic hydroxyl groups is 1. The van der Waals surface area contributed by atoms with Gasteiger partial charge in [-0.25, -0.2) is 0 Å². The highest BCUT2D eigenvalue weighted by molar-refractivity contribution is 5.98. The van der Waals surface area contributed by atoms with Crippen LogP contribution in [0.1, 0.15) is 6.42 Å². The van der Waals surface area contributed by atoms with Gasteiger partial charge in [-0.3, -0.25) is 14.5 Å². The molecule has 1 saturated heterocycles. The molecule has 24 heavy (non-hydrogen) atoms. The van der Waals surface area contributed by atoms with Gasteiger partial charge in [-0.15, -0.1) is 0 Å². The highest BCUT2D eigenvalue weighted by Crippen LogP contribution is 2.31. The number of nitrogens with zero attached hydrogens (tertiary/aromatic N) is 3. The molecule has 0 atom stereocenters. The average Bonchev–Trinajstić information content (AvgIpc) is 2.61. The maximum absolute atomic E-state index is 12.4. The van der Waals surface area contributed by atoms with Crippen LogP contribution in [0.15, 0.2) is 24.3 Å². The minimum absolute atomic E-state index is 0.0189. The van der Waals surface area contributed by atoms with Crippen molar-refractivity contribution in [2.24, 2.45) is 0 Å². The third-order valence-corrected chi connectivity index (χ3v) is 4.50. The molecule has 0 radical (unpaired) electrons. The quantitative estimate of drug-likeness (QED) is 0.817. The van der Waals surface area contributed by atoms with Crippen LogP contribution < -0.4 is 9.64 Å². The molecule has 2 aliphatic heterocycles. The topological polar surface area (TPSA) is 73.3 Å². The van der Waals surface area contributed by atoms with Crippen LogP contribution in [0.4, 0.5) is 5.69 Å². The molecule has 1 N–H and O–H groups in total. The number of aliphatic hydroxyl groups excluding tert-OH is 1. The van der Waals surface area contributed by atoms with Crippen molar-refractivity contribution in [2.75, 3.05) is 57.4 Å². The van der Waals surface area contributed by atoms with E-state index in [2.05, 4.69) is 4.90 Å². The molecule has 0 saturated carbocycles. The van der Waals surface area contributed by atoms with E-state index in [4.69, 9.17) is 9.84 Å². The smallest absolute Gasteiger partial charge is 0.265 e. The Kier molecular flexibility index (Phi) is 5.32. The fourth-order valence-electron chi connectivity index (χ4n) is 3.13. The Morgan fingerprint density at radius 2 is 1.88 bits per heavy atom. The van der Waals surface area contributed by atoms with Crippen LogP contribution in [0.5, 0.6) is 5.75 Å². The first-order valence-corrected chi connectivity index (χ1v) is 8.32. The van der Waals surface area contributed by atoms with Crippen molar-refractivity contribution in [3.8, 4) is 5.75 Å². The van der Waals surface area contributed by atoms with Crippen LogP contribution in [-0.2, 0) is 9.59 Å². The zero-order valence-corrected chi connectivity index (χ0v) is 13.7. The summed E-state index contributed by atoms with van der Waals surface area (Å²) in [4.78, 5) is 30.1. The molecule has 0 spiro atoms. The summed E-state index contributed by atoms with van der Waals surface area (Å²) in [5.41, 5.74) is 0.731. The predicted molar refractivity (Wildman–Crippen MR) is 89.0 cm³/mol. The number of piperazine rings is 1. The largest absolute Gasteiger partial charge is 0.482 e. The minimum Gasteiger partial charge on any atom is -0.482 e. The highest BCUT2D eigenvalue weighted by atomic mass is 16.5. The van der Waals surface area contributed by atoms with Crippen molar-refractivity contribution in [3.05, 3.63) is 24.3 Å². The normalized spacial score (nSPS) is 18.3. The molecule has 7 nitrogen and oxygen atoms in total. The van der Waals surface area contributed by atoms with Crippen LogP contribution in [0.3, 0.4) is 0 Å². The first-order chi connectivity index (χ1) is 11.7. The van der Waals surface area contributed by atoms with E-state index in [1.165, 1.54) is 0 Å². The average molecular weight is 333 g/mol. The third kappa shape index (κ3) is 3.68. The lowest BCUT2D eigenvalue weighted by atomic mass is 10.2. The number of ether oxygens (including phenoxy) is 1. The molecule has 1 fully saturated rings. The Morgan fingerprint density at radius 3 is 2.62 bits per heavy atom. The molecular weight excluding hydrogens is 310 g/mol. The first kappa shape index (κ1) is 16.7. The fourth-order valence-corrected chi connectivity index (χ4v) is 3.13. The second kappa shape index (κ2) is 7.63. The van der Waals surface area contributed by atoms with Crippen LogP contribution in [0.25, 0.3) is 0 Å². The molecular formula is C17H23N3O4. The molecule has 130 valence electrons. The van der Waals surface area contributed by atoms with Crippen LogP contribution >= 0.6 is 0 Å².